The Bertz CT molecular complexity index is 1340. The number of carboxylic acids is 1. The number of aromatic nitrogens is 6. The van der Waals surface area contributed by atoms with E-state index in [2.05, 4.69) is 46.0 Å². The van der Waals surface area contributed by atoms with Gasteiger partial charge in [0, 0.05) is 16.7 Å². The van der Waals surface area contributed by atoms with Crippen LogP contribution in [0.15, 0.2) is 48.5 Å². The third-order valence-electron chi connectivity index (χ3n) is 5.12. The predicted octanol–water partition coefficient (Wildman–Crippen LogP) is 3.73. The number of hydrogen-bond donors (Lipinski definition) is 2. The molecule has 3 heterocycles. The van der Waals surface area contributed by atoms with Crippen molar-refractivity contribution in [3.05, 3.63) is 71.2 Å². The van der Waals surface area contributed by atoms with Gasteiger partial charge in [-0.1, -0.05) is 55.8 Å². The number of aryl methyl sites for hydroxylation is 1. The van der Waals surface area contributed by atoms with Crippen LogP contribution in [0.3, 0.4) is 0 Å². The zero-order valence-electron chi connectivity index (χ0n) is 18.9. The van der Waals surface area contributed by atoms with Gasteiger partial charge in [0.05, 0.1) is 23.6 Å². The highest BCUT2D eigenvalue weighted by Crippen LogP contribution is 2.27. The lowest BCUT2D eigenvalue weighted by molar-refractivity contribution is 0.0684. The molecule has 0 atom stereocenters. The lowest BCUT2D eigenvalue weighted by Crippen LogP contribution is -2.17. The molecule has 0 bridgehead atoms. The van der Waals surface area contributed by atoms with Gasteiger partial charge < -0.3 is 10.8 Å². The summed E-state index contributed by atoms with van der Waals surface area (Å²) in [6.45, 7) is 8.34. The van der Waals surface area contributed by atoms with E-state index in [1.165, 1.54) is 4.68 Å². The van der Waals surface area contributed by atoms with Crippen molar-refractivity contribution in [2.24, 2.45) is 0 Å². The van der Waals surface area contributed by atoms with Gasteiger partial charge in [0.1, 0.15) is 5.69 Å². The molecule has 9 heteroatoms. The Morgan fingerprint density at radius 1 is 1.03 bits per heavy atom. The van der Waals surface area contributed by atoms with E-state index in [1.54, 1.807) is 6.07 Å². The molecule has 9 nitrogen and oxygen atoms in total. The van der Waals surface area contributed by atoms with E-state index in [4.69, 9.17) is 5.73 Å². The first-order valence-electron chi connectivity index (χ1n) is 10.5. The maximum Gasteiger partial charge on any atom is 0.356 e. The molecule has 0 fully saturated rings. The molecule has 3 N–H and O–H groups in total. The van der Waals surface area contributed by atoms with E-state index in [9.17, 15) is 9.90 Å². The molecule has 0 aliphatic rings. The minimum Gasteiger partial charge on any atom is -0.476 e. The van der Waals surface area contributed by atoms with E-state index < -0.39 is 5.97 Å². The lowest BCUT2D eigenvalue weighted by atomic mass is 9.91. The summed E-state index contributed by atoms with van der Waals surface area (Å²) in [5.41, 5.74) is 10.2. The minimum absolute atomic E-state index is 0.0226. The summed E-state index contributed by atoms with van der Waals surface area (Å²) in [7, 11) is 0. The summed E-state index contributed by atoms with van der Waals surface area (Å²) in [6.07, 6.45) is 0. The second-order valence-corrected chi connectivity index (χ2v) is 8.88. The van der Waals surface area contributed by atoms with Gasteiger partial charge in [-0.25, -0.2) is 19.4 Å². The van der Waals surface area contributed by atoms with Crippen LogP contribution < -0.4 is 5.73 Å². The summed E-state index contributed by atoms with van der Waals surface area (Å²) in [4.78, 5) is 25.4. The van der Waals surface area contributed by atoms with Gasteiger partial charge in [-0.3, -0.25) is 4.98 Å². The number of nitrogens with zero attached hydrogens (tertiary/aromatic N) is 6. The molecule has 3 aromatic heterocycles. The Morgan fingerprint density at radius 2 is 1.76 bits per heavy atom. The van der Waals surface area contributed by atoms with Crippen LogP contribution in [0.2, 0.25) is 0 Å². The van der Waals surface area contributed by atoms with Crippen molar-refractivity contribution in [1.82, 2.24) is 29.9 Å². The Hall–Kier alpha value is -4.14. The van der Waals surface area contributed by atoms with Gasteiger partial charge in [-0.15, -0.1) is 5.10 Å². The fourth-order valence-electron chi connectivity index (χ4n) is 3.49. The molecule has 4 aromatic rings. The molecule has 0 aliphatic heterocycles. The van der Waals surface area contributed by atoms with Crippen LogP contribution in [0.5, 0.6) is 0 Å². The van der Waals surface area contributed by atoms with Crippen molar-refractivity contribution in [3.63, 3.8) is 0 Å². The maximum absolute atomic E-state index is 12.2. The number of nitrogens with two attached hydrogens (primary N) is 1. The van der Waals surface area contributed by atoms with Crippen LogP contribution in [-0.4, -0.2) is 41.0 Å². The normalized spacial score (nSPS) is 11.5. The van der Waals surface area contributed by atoms with Crippen LogP contribution in [0.1, 0.15) is 48.2 Å². The summed E-state index contributed by atoms with van der Waals surface area (Å²) in [5.74, 6) is -1.15. The van der Waals surface area contributed by atoms with Crippen molar-refractivity contribution >= 4 is 11.9 Å². The highest BCUT2D eigenvalue weighted by molar-refractivity contribution is 5.92. The fourth-order valence-corrected chi connectivity index (χ4v) is 3.49. The molecule has 0 saturated heterocycles. The molecule has 0 saturated carbocycles. The molecule has 0 unspecified atom stereocenters. The van der Waals surface area contributed by atoms with E-state index >= 15 is 0 Å². The predicted molar refractivity (Wildman–Crippen MR) is 125 cm³/mol. The van der Waals surface area contributed by atoms with Crippen LogP contribution in [-0.2, 0) is 12.0 Å². The van der Waals surface area contributed by atoms with Crippen molar-refractivity contribution < 1.29 is 9.90 Å². The maximum atomic E-state index is 12.2. The average Bonchev–Trinajstić information content (AvgIpc) is 3.17. The summed E-state index contributed by atoms with van der Waals surface area (Å²) < 4.78 is 1.32. The van der Waals surface area contributed by atoms with Crippen molar-refractivity contribution in [1.29, 1.82) is 0 Å². The number of anilines is 1. The highest BCUT2D eigenvalue weighted by Gasteiger charge is 2.24. The first-order chi connectivity index (χ1) is 15.6. The Morgan fingerprint density at radius 3 is 2.45 bits per heavy atom. The first kappa shape index (κ1) is 22.1. The number of aromatic carboxylic acids is 1. The van der Waals surface area contributed by atoms with Crippen molar-refractivity contribution in [2.45, 2.75) is 39.7 Å². The fraction of sp³-hybridized carbons (Fsp3) is 0.250. The van der Waals surface area contributed by atoms with Gasteiger partial charge in [0.15, 0.2) is 5.69 Å². The minimum atomic E-state index is -1.17. The first-order valence-corrected chi connectivity index (χ1v) is 10.5. The van der Waals surface area contributed by atoms with Crippen molar-refractivity contribution in [3.8, 4) is 22.6 Å². The second-order valence-electron chi connectivity index (χ2n) is 8.88. The van der Waals surface area contributed by atoms with Crippen LogP contribution in [0.25, 0.3) is 22.6 Å². The van der Waals surface area contributed by atoms with Crippen LogP contribution in [0, 0.1) is 6.92 Å². The summed E-state index contributed by atoms with van der Waals surface area (Å²) >= 11 is 0. The number of carboxylic acid groups (broad SMARTS) is 1. The zero-order valence-corrected chi connectivity index (χ0v) is 18.9. The molecular weight excluding hydrogens is 418 g/mol. The monoisotopic (exact) mass is 443 g/mol. The molecule has 0 amide bonds. The molecule has 0 aliphatic carbocycles. The van der Waals surface area contributed by atoms with Crippen LogP contribution >= 0.6 is 0 Å². The highest BCUT2D eigenvalue weighted by atomic mass is 16.4. The third-order valence-corrected chi connectivity index (χ3v) is 5.12. The van der Waals surface area contributed by atoms with E-state index in [1.807, 2.05) is 49.4 Å². The number of carbonyl (C=O) groups is 1. The van der Waals surface area contributed by atoms with Gasteiger partial charge in [0.25, 0.3) is 0 Å². The zero-order chi connectivity index (χ0) is 23.8. The standard InChI is InChI=1S/C24H25N7O2/c1-14-7-5-8-15(11-14)17-12-18(28-23(25)27-17)20-21(22(32)33)31(30-29-20)13-16-9-6-10-19(26-16)24(2,3)4/h5-12H,13H2,1-4H3,(H,32,33)(H2,25,27,28). The third kappa shape index (κ3) is 4.72. The Balaban J connectivity index is 1.76. The van der Waals surface area contributed by atoms with E-state index in [-0.39, 0.29) is 29.3 Å². The van der Waals surface area contributed by atoms with Crippen LogP contribution in [0.4, 0.5) is 5.95 Å². The Labute approximate surface area is 191 Å². The van der Waals surface area contributed by atoms with Gasteiger partial charge in [-0.05, 0) is 31.2 Å². The number of pyridine rings is 1. The number of hydrogen-bond acceptors (Lipinski definition) is 7. The molecule has 33 heavy (non-hydrogen) atoms. The van der Waals surface area contributed by atoms with Gasteiger partial charge in [0.2, 0.25) is 5.95 Å². The summed E-state index contributed by atoms with van der Waals surface area (Å²) in [5, 5.41) is 18.2. The lowest BCUT2D eigenvalue weighted by Gasteiger charge is -2.18. The SMILES string of the molecule is Cc1cccc(-c2cc(-c3nnn(Cc4cccc(C(C)(C)C)n4)c3C(=O)O)nc(N)n2)c1. The van der Waals surface area contributed by atoms with E-state index in [0.29, 0.717) is 17.1 Å². The van der Waals surface area contributed by atoms with Crippen molar-refractivity contribution in [2.75, 3.05) is 5.73 Å². The topological polar surface area (TPSA) is 133 Å². The van der Waals surface area contributed by atoms with E-state index in [0.717, 1.165) is 16.8 Å². The van der Waals surface area contributed by atoms with Gasteiger partial charge in [-0.2, -0.15) is 0 Å². The summed E-state index contributed by atoms with van der Waals surface area (Å²) in [6, 6.07) is 15.1. The molecule has 168 valence electrons. The quantitative estimate of drug-likeness (QED) is 0.477. The smallest absolute Gasteiger partial charge is 0.356 e. The van der Waals surface area contributed by atoms with Gasteiger partial charge >= 0.3 is 5.97 Å². The molecule has 0 radical (unpaired) electrons. The number of benzene rings is 1. The second kappa shape index (κ2) is 8.42. The Kier molecular flexibility index (Phi) is 5.63. The number of nitrogen functional groups attached to an aromatic ring is 1. The largest absolute Gasteiger partial charge is 0.476 e. The molecule has 4 rings (SSSR count). The molecular formula is C24H25N7O2. The molecule has 1 aromatic carbocycles. The average molecular weight is 444 g/mol. The number of rotatable bonds is 5. The molecule has 0 spiro atoms.